The maximum atomic E-state index is 12.0. The Morgan fingerprint density at radius 2 is 2.28 bits per heavy atom. The van der Waals surface area contributed by atoms with Gasteiger partial charge in [-0.2, -0.15) is 0 Å². The Bertz CT molecular complexity index is 524. The van der Waals surface area contributed by atoms with E-state index >= 15 is 0 Å². The van der Waals surface area contributed by atoms with Crippen LogP contribution in [-0.4, -0.2) is 27.7 Å². The highest BCUT2D eigenvalue weighted by atomic mass is 35.5. The highest BCUT2D eigenvalue weighted by Crippen LogP contribution is 2.19. The van der Waals surface area contributed by atoms with Crippen LogP contribution in [0.1, 0.15) is 18.4 Å². The first kappa shape index (κ1) is 13.8. The van der Waals surface area contributed by atoms with Crippen LogP contribution in [0.5, 0.6) is 0 Å². The van der Waals surface area contributed by atoms with Crippen LogP contribution < -0.4 is 4.72 Å². The maximum absolute atomic E-state index is 12.0. The molecule has 6 heteroatoms. The summed E-state index contributed by atoms with van der Waals surface area (Å²) < 4.78 is 32.0. The van der Waals surface area contributed by atoms with E-state index in [9.17, 15) is 8.42 Å². The van der Waals surface area contributed by atoms with Crippen molar-refractivity contribution in [1.29, 1.82) is 0 Å². The Hall–Kier alpha value is -0.620. The fourth-order valence-electron chi connectivity index (χ4n) is 1.88. The van der Waals surface area contributed by atoms with Crippen LogP contribution in [0.4, 0.5) is 0 Å². The normalized spacial score (nSPS) is 20.2. The van der Waals surface area contributed by atoms with Crippen LogP contribution in [0.15, 0.2) is 23.1 Å². The Balaban J connectivity index is 2.07. The van der Waals surface area contributed by atoms with Crippen LogP contribution >= 0.6 is 11.6 Å². The molecule has 18 heavy (non-hydrogen) atoms. The number of benzene rings is 1. The van der Waals surface area contributed by atoms with E-state index in [-0.39, 0.29) is 11.0 Å². The largest absolute Gasteiger partial charge is 0.377 e. The predicted molar refractivity (Wildman–Crippen MR) is 70.4 cm³/mol. The smallest absolute Gasteiger partial charge is 0.240 e. The second kappa shape index (κ2) is 5.57. The molecule has 0 radical (unpaired) electrons. The van der Waals surface area contributed by atoms with Gasteiger partial charge in [0.05, 0.1) is 11.0 Å². The van der Waals surface area contributed by atoms with E-state index in [1.807, 2.05) is 0 Å². The zero-order chi connectivity index (χ0) is 13.2. The van der Waals surface area contributed by atoms with Crippen molar-refractivity contribution in [3.63, 3.8) is 0 Å². The third-order valence-corrected chi connectivity index (χ3v) is 4.81. The van der Waals surface area contributed by atoms with Crippen LogP contribution in [0.2, 0.25) is 5.02 Å². The molecule has 1 atom stereocenters. The van der Waals surface area contributed by atoms with Crippen LogP contribution in [0, 0.1) is 6.92 Å². The summed E-state index contributed by atoms with van der Waals surface area (Å²) in [5.41, 5.74) is 0.747. The van der Waals surface area contributed by atoms with Crippen molar-refractivity contribution < 1.29 is 13.2 Å². The first-order chi connectivity index (χ1) is 8.49. The van der Waals surface area contributed by atoms with Crippen molar-refractivity contribution >= 4 is 21.6 Å². The summed E-state index contributed by atoms with van der Waals surface area (Å²) in [7, 11) is -3.48. The summed E-state index contributed by atoms with van der Waals surface area (Å²) in [6.07, 6.45) is 1.89. The van der Waals surface area contributed by atoms with E-state index in [0.717, 1.165) is 18.4 Å². The van der Waals surface area contributed by atoms with E-state index in [4.69, 9.17) is 16.3 Å². The number of nitrogens with one attached hydrogen (secondary N) is 1. The van der Waals surface area contributed by atoms with Gasteiger partial charge in [-0.3, -0.25) is 0 Å². The van der Waals surface area contributed by atoms with E-state index in [1.165, 1.54) is 6.07 Å². The van der Waals surface area contributed by atoms with Gasteiger partial charge >= 0.3 is 0 Å². The lowest BCUT2D eigenvalue weighted by atomic mass is 10.2. The molecule has 1 aromatic carbocycles. The molecule has 0 aliphatic carbocycles. The lowest BCUT2D eigenvalue weighted by molar-refractivity contribution is 0.114. The summed E-state index contributed by atoms with van der Waals surface area (Å²) in [6, 6.07) is 4.67. The van der Waals surface area contributed by atoms with Gasteiger partial charge in [-0.25, -0.2) is 13.1 Å². The molecule has 1 heterocycles. The first-order valence-electron chi connectivity index (χ1n) is 5.86. The maximum Gasteiger partial charge on any atom is 0.240 e. The predicted octanol–water partition coefficient (Wildman–Crippen LogP) is 2.11. The van der Waals surface area contributed by atoms with Gasteiger partial charge in [0.2, 0.25) is 10.0 Å². The monoisotopic (exact) mass is 289 g/mol. The minimum atomic E-state index is -3.48. The number of rotatable bonds is 4. The molecule has 100 valence electrons. The van der Waals surface area contributed by atoms with Crippen LogP contribution in [-0.2, 0) is 14.8 Å². The molecule has 1 N–H and O–H groups in total. The van der Waals surface area contributed by atoms with Crippen molar-refractivity contribution in [3.8, 4) is 0 Å². The lowest BCUT2D eigenvalue weighted by Gasteiger charge is -2.12. The molecule has 0 spiro atoms. The number of ether oxygens (including phenoxy) is 1. The van der Waals surface area contributed by atoms with Gasteiger partial charge in [-0.15, -0.1) is 0 Å². The van der Waals surface area contributed by atoms with Gasteiger partial charge in [0.15, 0.2) is 0 Å². The van der Waals surface area contributed by atoms with Gasteiger partial charge in [0, 0.05) is 18.2 Å². The Kier molecular flexibility index (Phi) is 4.27. The molecule has 0 saturated carbocycles. The fraction of sp³-hybridized carbons (Fsp3) is 0.500. The molecule has 1 aliphatic heterocycles. The van der Waals surface area contributed by atoms with E-state index < -0.39 is 10.0 Å². The zero-order valence-electron chi connectivity index (χ0n) is 10.1. The average molecular weight is 290 g/mol. The van der Waals surface area contributed by atoms with E-state index in [2.05, 4.69) is 4.72 Å². The number of halogens is 1. The first-order valence-corrected chi connectivity index (χ1v) is 7.72. The summed E-state index contributed by atoms with van der Waals surface area (Å²) >= 11 is 5.88. The Morgan fingerprint density at radius 3 is 2.89 bits per heavy atom. The Morgan fingerprint density at radius 1 is 1.50 bits per heavy atom. The lowest BCUT2D eigenvalue weighted by Crippen LogP contribution is -2.31. The molecule has 1 aromatic rings. The van der Waals surface area contributed by atoms with Crippen molar-refractivity contribution in [3.05, 3.63) is 28.8 Å². The van der Waals surface area contributed by atoms with Crippen LogP contribution in [0.3, 0.4) is 0 Å². The molecule has 1 fully saturated rings. The highest BCUT2D eigenvalue weighted by Gasteiger charge is 2.20. The Labute approximate surface area is 112 Å². The molecule has 2 rings (SSSR count). The number of aryl methyl sites for hydroxylation is 1. The van der Waals surface area contributed by atoms with Crippen molar-refractivity contribution in [2.45, 2.75) is 30.8 Å². The highest BCUT2D eigenvalue weighted by molar-refractivity contribution is 7.89. The molecular formula is C12H16ClNO3S. The summed E-state index contributed by atoms with van der Waals surface area (Å²) in [5, 5.41) is 0.563. The summed E-state index contributed by atoms with van der Waals surface area (Å²) in [6.45, 7) is 2.82. The number of hydrogen-bond donors (Lipinski definition) is 1. The quantitative estimate of drug-likeness (QED) is 0.923. The molecule has 1 aliphatic rings. The van der Waals surface area contributed by atoms with Crippen molar-refractivity contribution in [2.75, 3.05) is 13.2 Å². The average Bonchev–Trinajstić information content (AvgIpc) is 2.83. The molecule has 1 unspecified atom stereocenters. The molecule has 0 bridgehead atoms. The molecular weight excluding hydrogens is 274 g/mol. The van der Waals surface area contributed by atoms with Gasteiger partial charge < -0.3 is 4.74 Å². The van der Waals surface area contributed by atoms with E-state index in [1.54, 1.807) is 19.1 Å². The molecule has 4 nitrogen and oxygen atoms in total. The number of sulfonamides is 1. The van der Waals surface area contributed by atoms with Gasteiger partial charge in [-0.1, -0.05) is 11.6 Å². The third kappa shape index (κ3) is 3.23. The second-order valence-electron chi connectivity index (χ2n) is 4.40. The standard InChI is InChI=1S/C12H16ClNO3S/c1-9-7-11(4-5-12(9)13)18(15,16)14-8-10-3-2-6-17-10/h4-5,7,10,14H,2-3,6,8H2,1H3. The molecule has 1 saturated heterocycles. The number of hydrogen-bond acceptors (Lipinski definition) is 3. The van der Waals surface area contributed by atoms with Gasteiger partial charge in [0.25, 0.3) is 0 Å². The molecule has 0 amide bonds. The van der Waals surface area contributed by atoms with Crippen molar-refractivity contribution in [1.82, 2.24) is 4.72 Å². The fourth-order valence-corrected chi connectivity index (χ4v) is 3.14. The topological polar surface area (TPSA) is 55.4 Å². The zero-order valence-corrected chi connectivity index (χ0v) is 11.7. The summed E-state index contributed by atoms with van der Waals surface area (Å²) in [5.74, 6) is 0. The minimum Gasteiger partial charge on any atom is -0.377 e. The van der Waals surface area contributed by atoms with Gasteiger partial charge in [-0.05, 0) is 43.5 Å². The van der Waals surface area contributed by atoms with E-state index in [0.29, 0.717) is 18.2 Å². The van der Waals surface area contributed by atoms with Gasteiger partial charge in [0.1, 0.15) is 0 Å². The SMILES string of the molecule is Cc1cc(S(=O)(=O)NCC2CCCO2)ccc1Cl. The van der Waals surface area contributed by atoms with Crippen molar-refractivity contribution in [2.24, 2.45) is 0 Å². The third-order valence-electron chi connectivity index (χ3n) is 2.96. The summed E-state index contributed by atoms with van der Waals surface area (Å²) in [4.78, 5) is 0.238. The minimum absolute atomic E-state index is 0.00632. The second-order valence-corrected chi connectivity index (χ2v) is 6.57. The van der Waals surface area contributed by atoms with Crippen LogP contribution in [0.25, 0.3) is 0 Å². The molecule has 0 aromatic heterocycles.